The Labute approximate surface area is 127 Å². The lowest BCUT2D eigenvalue weighted by atomic mass is 9.96. The number of ketones is 1. The summed E-state index contributed by atoms with van der Waals surface area (Å²) in [5.74, 6) is -0.563. The van der Waals surface area contributed by atoms with Crippen molar-refractivity contribution in [2.45, 2.75) is 66.4 Å². The molecular formula is C16H28O5. The van der Waals surface area contributed by atoms with Crippen molar-refractivity contribution in [1.82, 2.24) is 0 Å². The molecule has 0 spiro atoms. The second-order valence-corrected chi connectivity index (χ2v) is 5.82. The number of esters is 2. The molecule has 122 valence electrons. The van der Waals surface area contributed by atoms with Gasteiger partial charge in [-0.15, -0.1) is 0 Å². The summed E-state index contributed by atoms with van der Waals surface area (Å²) in [4.78, 5) is 34.5. The Morgan fingerprint density at radius 1 is 0.905 bits per heavy atom. The zero-order valence-corrected chi connectivity index (χ0v) is 13.8. The Bertz CT molecular complexity index is 339. The maximum absolute atomic E-state index is 11.7. The fourth-order valence-corrected chi connectivity index (χ4v) is 2.15. The summed E-state index contributed by atoms with van der Waals surface area (Å²) in [5.41, 5.74) is 0. The van der Waals surface area contributed by atoms with Crippen molar-refractivity contribution >= 4 is 17.7 Å². The van der Waals surface area contributed by atoms with Crippen LogP contribution < -0.4 is 0 Å². The molecule has 21 heavy (non-hydrogen) atoms. The van der Waals surface area contributed by atoms with Crippen molar-refractivity contribution in [2.75, 3.05) is 6.61 Å². The van der Waals surface area contributed by atoms with Crippen LogP contribution in [-0.4, -0.2) is 30.4 Å². The molecule has 0 aliphatic heterocycles. The Hall–Kier alpha value is -1.39. The van der Waals surface area contributed by atoms with Gasteiger partial charge in [0.2, 0.25) is 0 Å². The molecular weight excluding hydrogens is 272 g/mol. The van der Waals surface area contributed by atoms with Crippen LogP contribution in [0.2, 0.25) is 0 Å². The minimum atomic E-state index is -0.483. The van der Waals surface area contributed by atoms with Gasteiger partial charge in [-0.05, 0) is 25.2 Å². The van der Waals surface area contributed by atoms with Gasteiger partial charge in [0.1, 0.15) is 18.3 Å². The van der Waals surface area contributed by atoms with Crippen LogP contribution in [0.1, 0.15) is 60.3 Å². The lowest BCUT2D eigenvalue weighted by Crippen LogP contribution is -2.29. The molecule has 0 fully saturated rings. The van der Waals surface area contributed by atoms with Crippen molar-refractivity contribution in [3.8, 4) is 0 Å². The van der Waals surface area contributed by atoms with E-state index in [1.807, 2.05) is 27.7 Å². The predicted molar refractivity (Wildman–Crippen MR) is 79.7 cm³/mol. The van der Waals surface area contributed by atoms with E-state index in [0.29, 0.717) is 13.0 Å². The smallest absolute Gasteiger partial charge is 0.313 e. The third-order valence-corrected chi connectivity index (χ3v) is 3.07. The summed E-state index contributed by atoms with van der Waals surface area (Å²) < 4.78 is 10.1. The summed E-state index contributed by atoms with van der Waals surface area (Å²) in [6.45, 7) is 10.0. The molecule has 0 aliphatic carbocycles. The quantitative estimate of drug-likeness (QED) is 0.458. The van der Waals surface area contributed by atoms with Crippen molar-refractivity contribution in [1.29, 1.82) is 0 Å². The van der Waals surface area contributed by atoms with E-state index in [1.54, 1.807) is 6.92 Å². The zero-order chi connectivity index (χ0) is 16.4. The van der Waals surface area contributed by atoms with Crippen molar-refractivity contribution in [3.05, 3.63) is 0 Å². The highest BCUT2D eigenvalue weighted by atomic mass is 16.5. The fourth-order valence-electron chi connectivity index (χ4n) is 2.15. The van der Waals surface area contributed by atoms with Crippen molar-refractivity contribution in [2.24, 2.45) is 11.8 Å². The van der Waals surface area contributed by atoms with E-state index in [-0.39, 0.29) is 49.0 Å². The average Bonchev–Trinajstić information content (AvgIpc) is 2.35. The van der Waals surface area contributed by atoms with Crippen LogP contribution in [0, 0.1) is 11.8 Å². The average molecular weight is 300 g/mol. The van der Waals surface area contributed by atoms with Crippen LogP contribution in [-0.2, 0) is 23.9 Å². The van der Waals surface area contributed by atoms with Crippen LogP contribution in [0.4, 0.5) is 0 Å². The molecule has 5 heteroatoms. The number of ether oxygens (including phenoxy) is 2. The van der Waals surface area contributed by atoms with Gasteiger partial charge in [0.05, 0.1) is 6.61 Å². The summed E-state index contributed by atoms with van der Waals surface area (Å²) >= 11 is 0. The van der Waals surface area contributed by atoms with Crippen molar-refractivity contribution in [3.63, 3.8) is 0 Å². The highest BCUT2D eigenvalue weighted by Crippen LogP contribution is 2.17. The monoisotopic (exact) mass is 300 g/mol. The number of carbonyl (C=O) groups excluding carboxylic acids is 3. The molecule has 0 aromatic carbocycles. The third-order valence-electron chi connectivity index (χ3n) is 3.07. The first-order chi connectivity index (χ1) is 9.77. The van der Waals surface area contributed by atoms with Gasteiger partial charge in [-0.1, -0.05) is 27.7 Å². The molecule has 0 atom stereocenters. The van der Waals surface area contributed by atoms with E-state index in [2.05, 4.69) is 0 Å². The van der Waals surface area contributed by atoms with E-state index in [0.717, 1.165) is 0 Å². The molecule has 0 radical (unpaired) electrons. The van der Waals surface area contributed by atoms with Crippen LogP contribution in [0.25, 0.3) is 0 Å². The maximum Gasteiger partial charge on any atom is 0.313 e. The standard InChI is InChI=1S/C16H28O5/c1-6-20-14(18)9-7-8-13(17)10-15(19)21-16(11(2)3)12(4)5/h11-12,16H,6-10H2,1-5H3. The molecule has 0 saturated heterocycles. The largest absolute Gasteiger partial charge is 0.466 e. The SMILES string of the molecule is CCOC(=O)CCCC(=O)CC(=O)OC(C(C)C)C(C)C. The molecule has 0 aromatic heterocycles. The number of rotatable bonds is 10. The van der Waals surface area contributed by atoms with Gasteiger partial charge in [-0.25, -0.2) is 0 Å². The number of Topliss-reactive ketones (excluding diaryl/α,β-unsaturated/α-hetero) is 1. The molecule has 0 aliphatic rings. The van der Waals surface area contributed by atoms with E-state index in [1.165, 1.54) is 0 Å². The Morgan fingerprint density at radius 3 is 1.95 bits per heavy atom. The van der Waals surface area contributed by atoms with E-state index in [9.17, 15) is 14.4 Å². The van der Waals surface area contributed by atoms with E-state index in [4.69, 9.17) is 9.47 Å². The van der Waals surface area contributed by atoms with Crippen LogP contribution >= 0.6 is 0 Å². The van der Waals surface area contributed by atoms with E-state index >= 15 is 0 Å². The van der Waals surface area contributed by atoms with Gasteiger partial charge in [0, 0.05) is 12.8 Å². The number of hydrogen-bond acceptors (Lipinski definition) is 5. The molecule has 0 saturated carbocycles. The van der Waals surface area contributed by atoms with Gasteiger partial charge in [0.25, 0.3) is 0 Å². The lowest BCUT2D eigenvalue weighted by molar-refractivity contribution is -0.155. The number of hydrogen-bond donors (Lipinski definition) is 0. The van der Waals surface area contributed by atoms with Crippen molar-refractivity contribution < 1.29 is 23.9 Å². The first kappa shape index (κ1) is 19.6. The molecule has 0 heterocycles. The highest BCUT2D eigenvalue weighted by molar-refractivity contribution is 5.95. The topological polar surface area (TPSA) is 69.7 Å². The molecule has 0 unspecified atom stereocenters. The summed E-state index contributed by atoms with van der Waals surface area (Å²) in [6.07, 6.45) is 0.406. The van der Waals surface area contributed by atoms with E-state index < -0.39 is 5.97 Å². The normalized spacial score (nSPS) is 11.0. The van der Waals surface area contributed by atoms with Gasteiger partial charge in [-0.2, -0.15) is 0 Å². The molecule has 0 N–H and O–H groups in total. The molecule has 0 bridgehead atoms. The highest BCUT2D eigenvalue weighted by Gasteiger charge is 2.23. The molecule has 5 nitrogen and oxygen atoms in total. The minimum absolute atomic E-state index is 0.176. The summed E-state index contributed by atoms with van der Waals surface area (Å²) in [5, 5.41) is 0. The Kier molecular flexibility index (Phi) is 9.67. The van der Waals surface area contributed by atoms with Gasteiger partial charge in [0.15, 0.2) is 0 Å². The second kappa shape index (κ2) is 10.4. The lowest BCUT2D eigenvalue weighted by Gasteiger charge is -2.24. The van der Waals surface area contributed by atoms with Crippen LogP contribution in [0.15, 0.2) is 0 Å². The summed E-state index contributed by atoms with van der Waals surface area (Å²) in [6, 6.07) is 0. The Morgan fingerprint density at radius 2 is 1.48 bits per heavy atom. The van der Waals surface area contributed by atoms with Crippen LogP contribution in [0.5, 0.6) is 0 Å². The third kappa shape index (κ3) is 9.21. The van der Waals surface area contributed by atoms with Gasteiger partial charge >= 0.3 is 11.9 Å². The second-order valence-electron chi connectivity index (χ2n) is 5.82. The zero-order valence-electron chi connectivity index (χ0n) is 13.8. The molecule has 0 amide bonds. The fraction of sp³-hybridized carbons (Fsp3) is 0.812. The predicted octanol–water partition coefficient (Wildman–Crippen LogP) is 2.90. The number of carbonyl (C=O) groups is 3. The van der Waals surface area contributed by atoms with Gasteiger partial charge < -0.3 is 9.47 Å². The molecule has 0 aromatic rings. The Balaban J connectivity index is 4.04. The molecule has 0 rings (SSSR count). The first-order valence-electron chi connectivity index (χ1n) is 7.64. The van der Waals surface area contributed by atoms with Gasteiger partial charge in [-0.3, -0.25) is 14.4 Å². The summed E-state index contributed by atoms with van der Waals surface area (Å²) in [7, 11) is 0. The minimum Gasteiger partial charge on any atom is -0.466 e. The maximum atomic E-state index is 11.7. The van der Waals surface area contributed by atoms with Crippen LogP contribution in [0.3, 0.4) is 0 Å². The first-order valence-corrected chi connectivity index (χ1v) is 7.64.